The lowest BCUT2D eigenvalue weighted by Gasteiger charge is -2.14. The number of nitrogens with zero attached hydrogens (tertiary/aromatic N) is 2. The lowest BCUT2D eigenvalue weighted by Crippen LogP contribution is -2.45. The second kappa shape index (κ2) is 8.24. The summed E-state index contributed by atoms with van der Waals surface area (Å²) in [5, 5.41) is 10.0. The van der Waals surface area contributed by atoms with Gasteiger partial charge in [0.15, 0.2) is 0 Å². The van der Waals surface area contributed by atoms with E-state index in [1.54, 1.807) is 29.8 Å². The van der Waals surface area contributed by atoms with Crippen molar-refractivity contribution in [2.24, 2.45) is 0 Å². The molecule has 0 aliphatic rings. The molecule has 0 bridgehead atoms. The van der Waals surface area contributed by atoms with Crippen LogP contribution >= 0.6 is 0 Å². The Morgan fingerprint density at radius 2 is 2.04 bits per heavy atom. The molecule has 2 amide bonds. The molecule has 0 saturated heterocycles. The highest BCUT2D eigenvalue weighted by Crippen LogP contribution is 2.08. The highest BCUT2D eigenvalue weighted by Gasteiger charge is 2.15. The van der Waals surface area contributed by atoms with Gasteiger partial charge in [-0.15, -0.1) is 0 Å². The Labute approximate surface area is 140 Å². The van der Waals surface area contributed by atoms with Crippen molar-refractivity contribution < 1.29 is 9.59 Å². The van der Waals surface area contributed by atoms with Crippen LogP contribution < -0.4 is 16.1 Å². The zero-order chi connectivity index (χ0) is 17.5. The first-order chi connectivity index (χ1) is 11.5. The number of carbonyl (C=O) groups is 2. The van der Waals surface area contributed by atoms with E-state index in [1.807, 2.05) is 13.0 Å². The number of nitrogens with one attached hydrogen (secondary N) is 2. The van der Waals surface area contributed by atoms with Crippen LogP contribution in [0.25, 0.3) is 10.9 Å². The Morgan fingerprint density at radius 1 is 1.29 bits per heavy atom. The predicted octanol–water partition coefficient (Wildman–Crippen LogP) is 0.817. The van der Waals surface area contributed by atoms with Gasteiger partial charge >= 0.3 is 0 Å². The maximum absolute atomic E-state index is 12.0. The van der Waals surface area contributed by atoms with E-state index in [0.717, 1.165) is 6.42 Å². The Balaban J connectivity index is 1.96. The van der Waals surface area contributed by atoms with E-state index in [2.05, 4.69) is 15.7 Å². The van der Waals surface area contributed by atoms with Crippen LogP contribution in [0.15, 0.2) is 35.3 Å². The molecule has 0 aliphatic carbocycles. The molecule has 1 heterocycles. The molecule has 0 saturated carbocycles. The summed E-state index contributed by atoms with van der Waals surface area (Å²) in [6.07, 6.45) is 2.27. The zero-order valence-electron chi connectivity index (χ0n) is 13.9. The fraction of sp³-hybridized carbons (Fsp3) is 0.412. The van der Waals surface area contributed by atoms with Gasteiger partial charge in [0.2, 0.25) is 17.2 Å². The molecule has 128 valence electrons. The van der Waals surface area contributed by atoms with Gasteiger partial charge in [-0.05, 0) is 25.5 Å². The van der Waals surface area contributed by atoms with E-state index >= 15 is 0 Å². The third-order valence-electron chi connectivity index (χ3n) is 3.63. The largest absolute Gasteiger partial charge is 0.354 e. The van der Waals surface area contributed by atoms with Crippen molar-refractivity contribution >= 4 is 22.7 Å². The van der Waals surface area contributed by atoms with Crippen LogP contribution in [-0.2, 0) is 16.1 Å². The molecule has 1 aromatic carbocycles. The van der Waals surface area contributed by atoms with Crippen molar-refractivity contribution in [3.05, 3.63) is 40.7 Å². The molecule has 1 atom stereocenters. The predicted molar refractivity (Wildman–Crippen MR) is 91.5 cm³/mol. The summed E-state index contributed by atoms with van der Waals surface area (Å²) >= 11 is 0. The molecule has 1 aromatic heterocycles. The quantitative estimate of drug-likeness (QED) is 0.786. The second-order valence-electron chi connectivity index (χ2n) is 5.58. The van der Waals surface area contributed by atoms with E-state index in [-0.39, 0.29) is 23.7 Å². The summed E-state index contributed by atoms with van der Waals surface area (Å²) in [5.74, 6) is -0.434. The number of hydrogen-bond donors (Lipinski definition) is 2. The zero-order valence-corrected chi connectivity index (χ0v) is 13.9. The first-order valence-corrected chi connectivity index (χ1v) is 8.05. The maximum atomic E-state index is 12.0. The van der Waals surface area contributed by atoms with Crippen LogP contribution in [-0.4, -0.2) is 34.2 Å². The van der Waals surface area contributed by atoms with Crippen LogP contribution in [0.1, 0.15) is 26.7 Å². The third-order valence-corrected chi connectivity index (χ3v) is 3.63. The Kier molecular flexibility index (Phi) is 6.06. The second-order valence-corrected chi connectivity index (χ2v) is 5.58. The van der Waals surface area contributed by atoms with Gasteiger partial charge in [-0.2, -0.15) is 5.10 Å². The van der Waals surface area contributed by atoms with E-state index < -0.39 is 6.04 Å². The average Bonchev–Trinajstić information content (AvgIpc) is 2.59. The number of para-hydroxylation sites is 1. The van der Waals surface area contributed by atoms with Crippen LogP contribution in [0.4, 0.5) is 0 Å². The molecule has 0 fully saturated rings. The minimum Gasteiger partial charge on any atom is -0.354 e. The molecule has 2 aromatic rings. The van der Waals surface area contributed by atoms with E-state index in [9.17, 15) is 14.4 Å². The lowest BCUT2D eigenvalue weighted by atomic mass is 10.2. The summed E-state index contributed by atoms with van der Waals surface area (Å²) in [5.41, 5.74) is 0.541. The van der Waals surface area contributed by atoms with Crippen LogP contribution in [0.3, 0.4) is 0 Å². The summed E-state index contributed by atoms with van der Waals surface area (Å²) in [7, 11) is 0. The molecular weight excluding hydrogens is 308 g/mol. The normalized spacial score (nSPS) is 11.9. The van der Waals surface area contributed by atoms with Crippen molar-refractivity contribution in [2.45, 2.75) is 39.3 Å². The Bertz CT molecular complexity index is 785. The Morgan fingerprint density at radius 3 is 2.79 bits per heavy atom. The first-order valence-electron chi connectivity index (χ1n) is 8.05. The number of fused-ring (bicyclic) bond motifs is 1. The minimum atomic E-state index is -0.581. The number of benzene rings is 1. The maximum Gasteiger partial charge on any atom is 0.242 e. The molecular formula is C17H22N4O3. The topological polar surface area (TPSA) is 93.1 Å². The lowest BCUT2D eigenvalue weighted by molar-refractivity contribution is -0.128. The summed E-state index contributed by atoms with van der Waals surface area (Å²) in [6, 6.07) is 6.55. The van der Waals surface area contributed by atoms with Gasteiger partial charge in [0.25, 0.3) is 0 Å². The first kappa shape index (κ1) is 17.7. The highest BCUT2D eigenvalue weighted by molar-refractivity contribution is 5.87. The van der Waals surface area contributed by atoms with Gasteiger partial charge in [0.05, 0.1) is 18.3 Å². The minimum absolute atomic E-state index is 0.146. The molecule has 7 heteroatoms. The number of rotatable bonds is 7. The van der Waals surface area contributed by atoms with Gasteiger partial charge in [0.1, 0.15) is 6.04 Å². The molecule has 0 aliphatic heterocycles. The number of hydrogen-bond acceptors (Lipinski definition) is 4. The van der Waals surface area contributed by atoms with Gasteiger partial charge in [-0.1, -0.05) is 19.1 Å². The fourth-order valence-electron chi connectivity index (χ4n) is 2.33. The molecule has 7 nitrogen and oxygen atoms in total. The number of carbonyl (C=O) groups excluding carboxylic acids is 2. The highest BCUT2D eigenvalue weighted by atomic mass is 16.2. The number of amides is 2. The average molecular weight is 330 g/mol. The van der Waals surface area contributed by atoms with Crippen molar-refractivity contribution in [3.8, 4) is 0 Å². The van der Waals surface area contributed by atoms with E-state index in [0.29, 0.717) is 24.0 Å². The van der Waals surface area contributed by atoms with E-state index in [4.69, 9.17) is 0 Å². The smallest absolute Gasteiger partial charge is 0.242 e. The number of aryl methyl sites for hydroxylation is 1. The van der Waals surface area contributed by atoms with Crippen molar-refractivity contribution in [1.29, 1.82) is 0 Å². The van der Waals surface area contributed by atoms with Crippen LogP contribution in [0.5, 0.6) is 0 Å². The SMILES string of the molecule is CCCNC(=O)C(C)NC(=O)CCn1ncc(=O)c2ccccc21. The monoisotopic (exact) mass is 330 g/mol. The van der Waals surface area contributed by atoms with Crippen molar-refractivity contribution in [1.82, 2.24) is 20.4 Å². The van der Waals surface area contributed by atoms with Gasteiger partial charge in [-0.3, -0.25) is 19.1 Å². The molecule has 2 rings (SSSR count). The molecule has 0 radical (unpaired) electrons. The van der Waals surface area contributed by atoms with Gasteiger partial charge < -0.3 is 10.6 Å². The van der Waals surface area contributed by atoms with Crippen LogP contribution in [0, 0.1) is 0 Å². The van der Waals surface area contributed by atoms with E-state index in [1.165, 1.54) is 6.20 Å². The summed E-state index contributed by atoms with van der Waals surface area (Å²) in [4.78, 5) is 35.5. The Hall–Kier alpha value is -2.70. The molecule has 2 N–H and O–H groups in total. The molecule has 1 unspecified atom stereocenters. The van der Waals surface area contributed by atoms with Crippen molar-refractivity contribution in [3.63, 3.8) is 0 Å². The molecule has 0 spiro atoms. The summed E-state index contributed by atoms with van der Waals surface area (Å²) in [6.45, 7) is 4.53. The van der Waals surface area contributed by atoms with Crippen molar-refractivity contribution in [2.75, 3.05) is 6.54 Å². The van der Waals surface area contributed by atoms with Gasteiger partial charge in [0, 0.05) is 18.4 Å². The third kappa shape index (κ3) is 4.41. The standard InChI is InChI=1S/C17H22N4O3/c1-3-9-18-17(24)12(2)20-16(23)8-10-21-14-7-5-4-6-13(14)15(22)11-19-21/h4-7,11-12H,3,8-10H2,1-2H3,(H,18,24)(H,20,23). The fourth-order valence-corrected chi connectivity index (χ4v) is 2.33. The summed E-state index contributed by atoms with van der Waals surface area (Å²) < 4.78 is 1.62. The van der Waals surface area contributed by atoms with Crippen LogP contribution in [0.2, 0.25) is 0 Å². The number of aromatic nitrogens is 2. The molecule has 24 heavy (non-hydrogen) atoms. The van der Waals surface area contributed by atoms with Gasteiger partial charge in [-0.25, -0.2) is 0 Å².